The zero-order chi connectivity index (χ0) is 23.8. The van der Waals surface area contributed by atoms with E-state index < -0.39 is 0 Å². The molecule has 2 aromatic carbocycles. The highest BCUT2D eigenvalue weighted by Gasteiger charge is 2.22. The van der Waals surface area contributed by atoms with Crippen LogP contribution in [0.2, 0.25) is 0 Å². The summed E-state index contributed by atoms with van der Waals surface area (Å²) in [7, 11) is 4.17. The lowest BCUT2D eigenvalue weighted by Crippen LogP contribution is -2.10. The Balaban J connectivity index is 1.70. The Kier molecular flexibility index (Phi) is 5.82. The molecule has 170 valence electrons. The summed E-state index contributed by atoms with van der Waals surface area (Å²) in [6, 6.07) is 19.3. The Morgan fingerprint density at radius 1 is 1.15 bits per heavy atom. The molecular formula is C28H27N5S. The normalized spacial score (nSPS) is 11.6. The summed E-state index contributed by atoms with van der Waals surface area (Å²) in [5, 5.41) is 15.7. The van der Waals surface area contributed by atoms with Gasteiger partial charge in [-0.1, -0.05) is 32.0 Å². The van der Waals surface area contributed by atoms with Crippen LogP contribution in [0.3, 0.4) is 0 Å². The van der Waals surface area contributed by atoms with Crippen molar-refractivity contribution < 1.29 is 0 Å². The van der Waals surface area contributed by atoms with Crippen LogP contribution >= 0.6 is 11.3 Å². The molecule has 0 aliphatic carbocycles. The number of nitriles is 1. The van der Waals surface area contributed by atoms with Gasteiger partial charge in [0, 0.05) is 45.8 Å². The van der Waals surface area contributed by atoms with E-state index in [0.717, 1.165) is 39.0 Å². The maximum atomic E-state index is 9.93. The van der Waals surface area contributed by atoms with Gasteiger partial charge in [-0.3, -0.25) is 0 Å². The van der Waals surface area contributed by atoms with Gasteiger partial charge >= 0.3 is 0 Å². The van der Waals surface area contributed by atoms with Gasteiger partial charge in [-0.25, -0.2) is 4.98 Å². The lowest BCUT2D eigenvalue weighted by atomic mass is 9.95. The molecule has 2 N–H and O–H groups in total. The van der Waals surface area contributed by atoms with Crippen molar-refractivity contribution >= 4 is 43.8 Å². The Bertz CT molecular complexity index is 1530. The van der Waals surface area contributed by atoms with Gasteiger partial charge in [0.1, 0.15) is 10.9 Å². The van der Waals surface area contributed by atoms with Crippen LogP contribution in [0, 0.1) is 11.3 Å². The SMILES string of the molecule is CC(C)c1c(-c2cccc(CN(C)C)c2)sc2ncc(C#N)c(Nc3ccc4[nH]ccc4c3)c12. The van der Waals surface area contributed by atoms with Gasteiger partial charge < -0.3 is 15.2 Å². The first-order valence-electron chi connectivity index (χ1n) is 11.4. The second kappa shape index (κ2) is 8.94. The number of thiophene rings is 1. The first kappa shape index (κ1) is 22.1. The fourth-order valence-electron chi connectivity index (χ4n) is 4.52. The Morgan fingerprint density at radius 3 is 2.76 bits per heavy atom. The number of aromatic nitrogens is 2. The van der Waals surface area contributed by atoms with E-state index in [2.05, 4.69) is 91.7 Å². The molecule has 0 radical (unpaired) electrons. The van der Waals surface area contributed by atoms with Gasteiger partial charge in [0.2, 0.25) is 0 Å². The average molecular weight is 466 g/mol. The third-order valence-electron chi connectivity index (χ3n) is 5.97. The lowest BCUT2D eigenvalue weighted by molar-refractivity contribution is 0.402. The molecule has 0 spiro atoms. The van der Waals surface area contributed by atoms with E-state index in [1.165, 1.54) is 21.6 Å². The van der Waals surface area contributed by atoms with Gasteiger partial charge in [0.25, 0.3) is 0 Å². The molecule has 5 aromatic rings. The fraction of sp³-hybridized carbons (Fsp3) is 0.214. The lowest BCUT2D eigenvalue weighted by Gasteiger charge is -2.15. The number of anilines is 2. The molecule has 5 nitrogen and oxygen atoms in total. The maximum Gasteiger partial charge on any atom is 0.126 e. The number of hydrogen-bond donors (Lipinski definition) is 2. The number of H-pyrrole nitrogens is 1. The standard InChI is InChI=1S/C28H27N5S/c1-17(2)24-25-26(32-22-8-9-23-19(13-22)10-11-30-23)21(14-29)15-31-28(25)34-27(24)20-7-5-6-18(12-20)16-33(3)4/h5-13,15,17,30H,16H2,1-4H3,(H,31,32). The summed E-state index contributed by atoms with van der Waals surface area (Å²) < 4.78 is 0. The first-order valence-corrected chi connectivity index (χ1v) is 12.2. The Labute approximate surface area is 203 Å². The minimum Gasteiger partial charge on any atom is -0.361 e. The predicted octanol–water partition coefficient (Wildman–Crippen LogP) is 7.24. The quantitative estimate of drug-likeness (QED) is 0.277. The average Bonchev–Trinajstić information content (AvgIpc) is 3.43. The van der Waals surface area contributed by atoms with Gasteiger partial charge in [0.15, 0.2) is 0 Å². The highest BCUT2D eigenvalue weighted by Crippen LogP contribution is 2.46. The second-order valence-corrected chi connectivity index (χ2v) is 10.2. The number of rotatable bonds is 6. The van der Waals surface area contributed by atoms with Crippen LogP contribution < -0.4 is 5.32 Å². The van der Waals surface area contributed by atoms with E-state index >= 15 is 0 Å². The molecular weight excluding hydrogens is 438 g/mol. The van der Waals surface area contributed by atoms with Crippen LogP contribution in [0.15, 0.2) is 60.9 Å². The minimum absolute atomic E-state index is 0.268. The monoisotopic (exact) mass is 465 g/mol. The van der Waals surface area contributed by atoms with E-state index in [-0.39, 0.29) is 5.92 Å². The van der Waals surface area contributed by atoms with Crippen molar-refractivity contribution in [3.05, 3.63) is 77.6 Å². The topological polar surface area (TPSA) is 67.7 Å². The van der Waals surface area contributed by atoms with E-state index in [1.807, 2.05) is 12.3 Å². The molecule has 0 fully saturated rings. The third kappa shape index (κ3) is 4.05. The Morgan fingerprint density at radius 2 is 2.00 bits per heavy atom. The van der Waals surface area contributed by atoms with Crippen molar-refractivity contribution in [2.75, 3.05) is 19.4 Å². The fourth-order valence-corrected chi connectivity index (χ4v) is 5.82. The molecule has 5 rings (SSSR count). The molecule has 0 saturated carbocycles. The zero-order valence-electron chi connectivity index (χ0n) is 19.8. The molecule has 0 bridgehead atoms. The van der Waals surface area contributed by atoms with Crippen molar-refractivity contribution in [1.82, 2.24) is 14.9 Å². The number of hydrogen-bond acceptors (Lipinski definition) is 5. The molecule has 34 heavy (non-hydrogen) atoms. The van der Waals surface area contributed by atoms with E-state index in [1.54, 1.807) is 17.5 Å². The van der Waals surface area contributed by atoms with Crippen molar-refractivity contribution in [3.63, 3.8) is 0 Å². The largest absolute Gasteiger partial charge is 0.361 e. The number of fused-ring (bicyclic) bond motifs is 2. The number of nitrogens with one attached hydrogen (secondary N) is 2. The van der Waals surface area contributed by atoms with Gasteiger partial charge in [-0.2, -0.15) is 5.26 Å². The number of aromatic amines is 1. The molecule has 6 heteroatoms. The third-order valence-corrected chi connectivity index (χ3v) is 7.13. The highest BCUT2D eigenvalue weighted by atomic mass is 32.1. The van der Waals surface area contributed by atoms with Gasteiger partial charge in [-0.05, 0) is 67.0 Å². The molecule has 3 heterocycles. The zero-order valence-corrected chi connectivity index (χ0v) is 20.6. The van der Waals surface area contributed by atoms with Crippen molar-refractivity contribution in [2.24, 2.45) is 0 Å². The maximum absolute atomic E-state index is 9.93. The minimum atomic E-state index is 0.268. The molecule has 0 atom stereocenters. The van der Waals surface area contributed by atoms with E-state index in [4.69, 9.17) is 4.98 Å². The highest BCUT2D eigenvalue weighted by molar-refractivity contribution is 7.22. The molecule has 0 aliphatic rings. The summed E-state index contributed by atoms with van der Waals surface area (Å²) in [6.07, 6.45) is 3.62. The van der Waals surface area contributed by atoms with Crippen LogP contribution in [0.4, 0.5) is 11.4 Å². The van der Waals surface area contributed by atoms with Crippen LogP contribution in [0.1, 0.15) is 36.5 Å². The summed E-state index contributed by atoms with van der Waals surface area (Å²) in [6.45, 7) is 5.31. The van der Waals surface area contributed by atoms with Crippen molar-refractivity contribution in [3.8, 4) is 16.5 Å². The van der Waals surface area contributed by atoms with Crippen LogP contribution in [-0.4, -0.2) is 29.0 Å². The molecule has 0 amide bonds. The number of pyridine rings is 1. The Hall–Kier alpha value is -3.66. The first-order chi connectivity index (χ1) is 16.4. The molecule has 0 unspecified atom stereocenters. The van der Waals surface area contributed by atoms with E-state index in [0.29, 0.717) is 5.56 Å². The number of nitrogens with zero attached hydrogens (tertiary/aromatic N) is 3. The molecule has 0 saturated heterocycles. The summed E-state index contributed by atoms with van der Waals surface area (Å²) in [5.74, 6) is 0.268. The predicted molar refractivity (Wildman–Crippen MR) is 143 cm³/mol. The number of benzene rings is 2. The smallest absolute Gasteiger partial charge is 0.126 e. The van der Waals surface area contributed by atoms with Gasteiger partial charge in [0.05, 0.1) is 11.3 Å². The van der Waals surface area contributed by atoms with Crippen molar-refractivity contribution in [1.29, 1.82) is 5.26 Å². The summed E-state index contributed by atoms with van der Waals surface area (Å²) >= 11 is 1.70. The van der Waals surface area contributed by atoms with Crippen LogP contribution in [-0.2, 0) is 6.54 Å². The second-order valence-electron chi connectivity index (χ2n) is 9.18. The van der Waals surface area contributed by atoms with E-state index in [9.17, 15) is 5.26 Å². The summed E-state index contributed by atoms with van der Waals surface area (Å²) in [4.78, 5) is 12.3. The summed E-state index contributed by atoms with van der Waals surface area (Å²) in [5.41, 5.74) is 7.13. The van der Waals surface area contributed by atoms with Gasteiger partial charge in [-0.15, -0.1) is 11.3 Å². The van der Waals surface area contributed by atoms with Crippen molar-refractivity contribution in [2.45, 2.75) is 26.3 Å². The molecule has 3 aromatic heterocycles. The molecule has 0 aliphatic heterocycles. The van der Waals surface area contributed by atoms with Crippen LogP contribution in [0.25, 0.3) is 31.6 Å². The van der Waals surface area contributed by atoms with Crippen LogP contribution in [0.5, 0.6) is 0 Å².